The van der Waals surface area contributed by atoms with E-state index in [0.29, 0.717) is 6.61 Å². The zero-order chi connectivity index (χ0) is 14.5. The molecule has 0 unspecified atom stereocenters. The fourth-order valence-corrected chi connectivity index (χ4v) is 5.06. The van der Waals surface area contributed by atoms with Gasteiger partial charge in [-0.3, -0.25) is 0 Å². The molecule has 0 aromatic rings. The van der Waals surface area contributed by atoms with Crippen LogP contribution in [0.2, 0.25) is 0 Å². The minimum atomic E-state index is 0.355. The van der Waals surface area contributed by atoms with Gasteiger partial charge in [-0.25, -0.2) is 0 Å². The smallest absolute Gasteiger partial charge is 0.127 e. The Balaban J connectivity index is 1.39. The highest BCUT2D eigenvalue weighted by Crippen LogP contribution is 2.16. The highest BCUT2D eigenvalue weighted by Gasteiger charge is 2.35. The Hall–Kier alpha value is -0.160. The molecule has 1 saturated carbocycles. The van der Waals surface area contributed by atoms with Crippen molar-refractivity contribution < 1.29 is 19.8 Å². The molecular formula is C17H36N3O+3. The molecule has 3 rings (SSSR count). The van der Waals surface area contributed by atoms with Crippen molar-refractivity contribution in [3.8, 4) is 0 Å². The minimum absolute atomic E-state index is 0.355. The number of piperidine rings is 1. The van der Waals surface area contributed by atoms with Crippen LogP contribution in [-0.4, -0.2) is 69.6 Å². The lowest BCUT2D eigenvalue weighted by atomic mass is 9.91. The third kappa shape index (κ3) is 4.19. The first-order chi connectivity index (χ1) is 10.4. The predicted octanol–water partition coefficient (Wildman–Crippen LogP) is -2.86. The Labute approximate surface area is 130 Å². The third-order valence-corrected chi connectivity index (χ3v) is 6.45. The first-order valence-corrected chi connectivity index (χ1v) is 9.50. The molecule has 2 aliphatic heterocycles. The van der Waals surface area contributed by atoms with Crippen LogP contribution in [0.3, 0.4) is 0 Å². The standard InChI is InChI=1S/C17H33N3O/c21-15-14-18-10-12-20(13-11-18)17-6-8-19(9-7-17)16-4-2-1-3-5-16/h16-17,21H,1-15H2/p+3. The van der Waals surface area contributed by atoms with Crippen LogP contribution in [0.25, 0.3) is 0 Å². The fourth-order valence-electron chi connectivity index (χ4n) is 5.06. The summed E-state index contributed by atoms with van der Waals surface area (Å²) in [6.45, 7) is 9.39. The van der Waals surface area contributed by atoms with Gasteiger partial charge in [0.25, 0.3) is 0 Å². The normalized spacial score (nSPS) is 39.3. The topological polar surface area (TPSA) is 33.6 Å². The molecule has 2 saturated heterocycles. The lowest BCUT2D eigenvalue weighted by Crippen LogP contribution is -3.30. The van der Waals surface area contributed by atoms with Gasteiger partial charge in [0.05, 0.1) is 31.8 Å². The number of piperazine rings is 1. The van der Waals surface area contributed by atoms with E-state index in [1.54, 1.807) is 4.90 Å². The van der Waals surface area contributed by atoms with E-state index in [9.17, 15) is 0 Å². The molecule has 0 aromatic carbocycles. The first-order valence-electron chi connectivity index (χ1n) is 9.50. The van der Waals surface area contributed by atoms with Crippen LogP contribution in [0.15, 0.2) is 0 Å². The maximum atomic E-state index is 9.06. The molecule has 0 spiro atoms. The van der Waals surface area contributed by atoms with E-state index < -0.39 is 0 Å². The van der Waals surface area contributed by atoms with Gasteiger partial charge >= 0.3 is 0 Å². The summed E-state index contributed by atoms with van der Waals surface area (Å²) in [7, 11) is 0. The number of aliphatic hydroxyl groups excluding tert-OH is 1. The predicted molar refractivity (Wildman–Crippen MR) is 83.9 cm³/mol. The maximum Gasteiger partial charge on any atom is 0.127 e. The second kappa shape index (κ2) is 7.91. The Morgan fingerprint density at radius 1 is 0.667 bits per heavy atom. The van der Waals surface area contributed by atoms with E-state index >= 15 is 0 Å². The van der Waals surface area contributed by atoms with Gasteiger partial charge < -0.3 is 19.8 Å². The lowest BCUT2D eigenvalue weighted by molar-refractivity contribution is -1.03. The van der Waals surface area contributed by atoms with Crippen molar-refractivity contribution in [1.29, 1.82) is 0 Å². The molecule has 0 bridgehead atoms. The summed E-state index contributed by atoms with van der Waals surface area (Å²) >= 11 is 0. The Morgan fingerprint density at radius 2 is 1.24 bits per heavy atom. The molecule has 3 fully saturated rings. The van der Waals surface area contributed by atoms with Gasteiger partial charge in [-0.2, -0.15) is 0 Å². The average Bonchev–Trinajstić information content (AvgIpc) is 2.57. The van der Waals surface area contributed by atoms with Crippen LogP contribution in [0.4, 0.5) is 0 Å². The zero-order valence-electron chi connectivity index (χ0n) is 13.7. The van der Waals surface area contributed by atoms with Crippen molar-refractivity contribution in [3.63, 3.8) is 0 Å². The minimum Gasteiger partial charge on any atom is -0.391 e. The number of nitrogens with one attached hydrogen (secondary N) is 3. The van der Waals surface area contributed by atoms with E-state index in [-0.39, 0.29) is 0 Å². The summed E-state index contributed by atoms with van der Waals surface area (Å²) in [5.41, 5.74) is 0. The number of rotatable bonds is 4. The molecule has 4 heteroatoms. The molecule has 122 valence electrons. The van der Waals surface area contributed by atoms with E-state index in [1.807, 2.05) is 9.80 Å². The van der Waals surface area contributed by atoms with Crippen LogP contribution >= 0.6 is 0 Å². The SMILES string of the molecule is OCC[NH+]1CC[NH+](C2CC[NH+](C3CCCCC3)CC2)CC1. The van der Waals surface area contributed by atoms with Gasteiger partial charge in [0.15, 0.2) is 0 Å². The highest BCUT2D eigenvalue weighted by atomic mass is 16.3. The fraction of sp³-hybridized carbons (Fsp3) is 1.00. The number of quaternary nitrogens is 3. The quantitative estimate of drug-likeness (QED) is 0.443. The molecule has 0 amide bonds. The van der Waals surface area contributed by atoms with Crippen molar-refractivity contribution >= 4 is 0 Å². The van der Waals surface area contributed by atoms with Crippen molar-refractivity contribution in [1.82, 2.24) is 0 Å². The summed E-state index contributed by atoms with van der Waals surface area (Å²) in [5, 5.41) is 9.06. The van der Waals surface area contributed by atoms with Crippen molar-refractivity contribution in [3.05, 3.63) is 0 Å². The second-order valence-corrected chi connectivity index (χ2v) is 7.65. The monoisotopic (exact) mass is 298 g/mol. The van der Waals surface area contributed by atoms with Gasteiger partial charge in [0.2, 0.25) is 0 Å². The van der Waals surface area contributed by atoms with Crippen LogP contribution < -0.4 is 14.7 Å². The largest absolute Gasteiger partial charge is 0.391 e. The third-order valence-electron chi connectivity index (χ3n) is 6.45. The van der Waals surface area contributed by atoms with Crippen LogP contribution in [0.5, 0.6) is 0 Å². The second-order valence-electron chi connectivity index (χ2n) is 7.65. The van der Waals surface area contributed by atoms with Crippen molar-refractivity contribution in [2.75, 3.05) is 52.4 Å². The van der Waals surface area contributed by atoms with Crippen LogP contribution in [0, 0.1) is 0 Å². The van der Waals surface area contributed by atoms with Gasteiger partial charge in [0.1, 0.15) is 32.7 Å². The average molecular weight is 298 g/mol. The molecule has 0 aromatic heterocycles. The first kappa shape index (κ1) is 15.7. The molecule has 0 radical (unpaired) electrons. The van der Waals surface area contributed by atoms with Crippen molar-refractivity contribution in [2.45, 2.75) is 57.0 Å². The van der Waals surface area contributed by atoms with Gasteiger partial charge in [0, 0.05) is 12.8 Å². The number of hydrogen-bond acceptors (Lipinski definition) is 1. The number of hydrogen-bond donors (Lipinski definition) is 4. The molecule has 4 nitrogen and oxygen atoms in total. The number of aliphatic hydroxyl groups is 1. The van der Waals surface area contributed by atoms with E-state index in [1.165, 1.54) is 84.2 Å². The summed E-state index contributed by atoms with van der Waals surface area (Å²) in [6.07, 6.45) is 10.4. The van der Waals surface area contributed by atoms with Gasteiger partial charge in [-0.15, -0.1) is 0 Å². The lowest BCUT2D eigenvalue weighted by Gasteiger charge is -2.40. The highest BCUT2D eigenvalue weighted by molar-refractivity contribution is 4.68. The van der Waals surface area contributed by atoms with E-state index in [4.69, 9.17) is 5.11 Å². The van der Waals surface area contributed by atoms with Crippen LogP contribution in [-0.2, 0) is 0 Å². The molecule has 2 heterocycles. The zero-order valence-corrected chi connectivity index (χ0v) is 13.7. The summed E-state index contributed by atoms with van der Waals surface area (Å²) < 4.78 is 0. The molecule has 21 heavy (non-hydrogen) atoms. The molecule has 0 atom stereocenters. The molecule has 4 N–H and O–H groups in total. The molecular weight excluding hydrogens is 262 g/mol. The van der Waals surface area contributed by atoms with E-state index in [2.05, 4.69) is 0 Å². The summed E-state index contributed by atoms with van der Waals surface area (Å²) in [6, 6.07) is 1.94. The molecule has 3 aliphatic rings. The summed E-state index contributed by atoms with van der Waals surface area (Å²) in [4.78, 5) is 5.43. The molecule has 1 aliphatic carbocycles. The Kier molecular flexibility index (Phi) is 5.92. The van der Waals surface area contributed by atoms with Gasteiger partial charge in [-0.05, 0) is 25.7 Å². The van der Waals surface area contributed by atoms with Crippen LogP contribution in [0.1, 0.15) is 44.9 Å². The summed E-state index contributed by atoms with van der Waals surface area (Å²) in [5.74, 6) is 0. The Bertz CT molecular complexity index is 290. The van der Waals surface area contributed by atoms with Crippen molar-refractivity contribution in [2.24, 2.45) is 0 Å². The van der Waals surface area contributed by atoms with Gasteiger partial charge in [-0.1, -0.05) is 6.42 Å². The maximum absolute atomic E-state index is 9.06. The number of likely N-dealkylation sites (tertiary alicyclic amines) is 1. The Morgan fingerprint density at radius 3 is 1.86 bits per heavy atom. The van der Waals surface area contributed by atoms with E-state index in [0.717, 1.165) is 18.6 Å².